The maximum absolute atomic E-state index is 14.3. The molecule has 10 N–H and O–H groups in total. The fraction of sp³-hybridized carbons (Fsp3) is 0.519. The Morgan fingerprint density at radius 3 is 1.40 bits per heavy atom. The lowest BCUT2D eigenvalue weighted by Gasteiger charge is -2.32. The molecule has 7 rings (SSSR count). The summed E-state index contributed by atoms with van der Waals surface area (Å²) in [7, 11) is 3.25. The summed E-state index contributed by atoms with van der Waals surface area (Å²) in [6, 6.07) is 15.2. The Kier molecular flexibility index (Phi) is 18.6. The van der Waals surface area contributed by atoms with Crippen LogP contribution in [0.15, 0.2) is 66.7 Å². The van der Waals surface area contributed by atoms with Crippen LogP contribution in [0, 0.1) is 0 Å². The fourth-order valence-electron chi connectivity index (χ4n) is 10.5. The Morgan fingerprint density at radius 2 is 0.986 bits per heavy atom. The van der Waals surface area contributed by atoms with Crippen LogP contribution in [0.1, 0.15) is 133 Å². The quantitative estimate of drug-likeness (QED) is 0.0740. The molecule has 0 spiro atoms. The van der Waals surface area contributed by atoms with Gasteiger partial charge in [-0.15, -0.1) is 0 Å². The number of likely N-dealkylation sites (N-methyl/N-ethyl adjacent to an activating group) is 2. The van der Waals surface area contributed by atoms with Gasteiger partial charge in [-0.2, -0.15) is 0 Å². The van der Waals surface area contributed by atoms with E-state index in [0.717, 1.165) is 49.7 Å². The molecule has 73 heavy (non-hydrogen) atoms. The van der Waals surface area contributed by atoms with Gasteiger partial charge in [0.15, 0.2) is 0 Å². The number of carbonyl (C=O) groups excluding carboxylic acids is 8. The maximum Gasteiger partial charge on any atom is 0.251 e. The predicted molar refractivity (Wildman–Crippen MR) is 276 cm³/mol. The van der Waals surface area contributed by atoms with Crippen molar-refractivity contribution in [2.24, 2.45) is 0 Å². The maximum atomic E-state index is 14.3. The number of nitrogens with zero attached hydrogens (tertiary/aromatic N) is 2. The zero-order chi connectivity index (χ0) is 52.2. The molecule has 2 aliphatic carbocycles. The van der Waals surface area contributed by atoms with Gasteiger partial charge in [0.05, 0.1) is 24.2 Å². The number of anilines is 1. The van der Waals surface area contributed by atoms with E-state index < -0.39 is 71.7 Å². The molecule has 4 aliphatic rings. The van der Waals surface area contributed by atoms with Crippen molar-refractivity contribution in [3.05, 3.63) is 100 Å². The molecule has 0 radical (unpaired) electrons. The first kappa shape index (κ1) is 53.9. The van der Waals surface area contributed by atoms with Gasteiger partial charge in [0, 0.05) is 43.0 Å². The third kappa shape index (κ3) is 13.4. The van der Waals surface area contributed by atoms with Crippen molar-refractivity contribution in [3.8, 4) is 0 Å². The predicted octanol–water partition coefficient (Wildman–Crippen LogP) is 2.06. The smallest absolute Gasteiger partial charge is 0.251 e. The van der Waals surface area contributed by atoms with Gasteiger partial charge in [0.1, 0.15) is 24.2 Å². The molecule has 392 valence electrons. The SMILES string of the molecule is CN[C@@H](C)C(=O)N[C@@H](CCNC(=O)c1cc(N)cc(C(=O)NCC[C@H](NC(=O)[C@H](C)NC)C(=O)N2CCC[C@H]2C(=O)N[C@@H]2CCCc3ccccc32)c1)C(=O)N1CCC[C@H]1C(=O)N[C@@H]1CCCc2ccccc21. The van der Waals surface area contributed by atoms with Crippen molar-refractivity contribution in [2.75, 3.05) is 46.0 Å². The van der Waals surface area contributed by atoms with Crippen molar-refractivity contribution >= 4 is 52.9 Å². The summed E-state index contributed by atoms with van der Waals surface area (Å²) in [5.74, 6) is -3.36. The summed E-state index contributed by atoms with van der Waals surface area (Å²) in [4.78, 5) is 113. The van der Waals surface area contributed by atoms with Crippen LogP contribution in [0.5, 0.6) is 0 Å². The van der Waals surface area contributed by atoms with E-state index in [1.165, 1.54) is 39.1 Å². The second kappa shape index (κ2) is 25.2. The molecule has 19 nitrogen and oxygen atoms in total. The summed E-state index contributed by atoms with van der Waals surface area (Å²) < 4.78 is 0. The molecule has 2 fully saturated rings. The van der Waals surface area contributed by atoms with Crippen LogP contribution in [0.25, 0.3) is 0 Å². The van der Waals surface area contributed by atoms with E-state index in [1.807, 2.05) is 36.4 Å². The summed E-state index contributed by atoms with van der Waals surface area (Å²) in [5.41, 5.74) is 11.1. The van der Waals surface area contributed by atoms with E-state index in [9.17, 15) is 38.4 Å². The Labute approximate surface area is 427 Å². The number of amides is 8. The van der Waals surface area contributed by atoms with E-state index in [2.05, 4.69) is 54.7 Å². The number of benzene rings is 3. The van der Waals surface area contributed by atoms with E-state index in [-0.39, 0.29) is 66.6 Å². The summed E-state index contributed by atoms with van der Waals surface area (Å²) >= 11 is 0. The molecule has 0 unspecified atom stereocenters. The third-order valence-electron chi connectivity index (χ3n) is 14.8. The number of nitrogen functional groups attached to an aromatic ring is 1. The molecule has 0 aromatic heterocycles. The number of hydrogen-bond acceptors (Lipinski definition) is 11. The third-order valence-corrected chi connectivity index (χ3v) is 14.8. The van der Waals surface area contributed by atoms with Crippen molar-refractivity contribution in [3.63, 3.8) is 0 Å². The highest BCUT2D eigenvalue weighted by Gasteiger charge is 2.41. The number of fused-ring (bicyclic) bond motifs is 2. The monoisotopic (exact) mass is 1000 g/mol. The fourth-order valence-corrected chi connectivity index (χ4v) is 10.5. The molecule has 2 heterocycles. The lowest BCUT2D eigenvalue weighted by atomic mass is 9.87. The molecule has 8 amide bonds. The number of likely N-dealkylation sites (tertiary alicyclic amines) is 2. The Balaban J connectivity index is 0.959. The number of nitrogens with one attached hydrogen (secondary N) is 8. The number of hydrogen-bond donors (Lipinski definition) is 9. The molecule has 0 saturated carbocycles. The van der Waals surface area contributed by atoms with Gasteiger partial charge in [0.25, 0.3) is 11.8 Å². The Morgan fingerprint density at radius 1 is 0.575 bits per heavy atom. The average molecular weight is 1000 g/mol. The molecular weight excluding hydrogens is 931 g/mol. The minimum atomic E-state index is -1.07. The van der Waals surface area contributed by atoms with E-state index in [4.69, 9.17) is 5.73 Å². The van der Waals surface area contributed by atoms with Crippen molar-refractivity contribution in [1.82, 2.24) is 52.3 Å². The van der Waals surface area contributed by atoms with Crippen LogP contribution >= 0.6 is 0 Å². The van der Waals surface area contributed by atoms with Gasteiger partial charge in [-0.3, -0.25) is 38.4 Å². The Hall–Kier alpha value is -6.86. The number of carbonyl (C=O) groups is 8. The first-order chi connectivity index (χ1) is 35.2. The topological polar surface area (TPSA) is 265 Å². The summed E-state index contributed by atoms with van der Waals surface area (Å²) in [5, 5.41) is 23.4. The second-order valence-corrected chi connectivity index (χ2v) is 19.8. The highest BCUT2D eigenvalue weighted by molar-refractivity contribution is 6.01. The van der Waals surface area contributed by atoms with Crippen molar-refractivity contribution < 1.29 is 38.4 Å². The van der Waals surface area contributed by atoms with E-state index >= 15 is 0 Å². The van der Waals surface area contributed by atoms with Gasteiger partial charge < -0.3 is 58.1 Å². The molecule has 19 heteroatoms. The van der Waals surface area contributed by atoms with Gasteiger partial charge in [-0.25, -0.2) is 0 Å². The molecule has 3 aromatic carbocycles. The molecule has 3 aromatic rings. The zero-order valence-electron chi connectivity index (χ0n) is 42.5. The molecule has 0 bridgehead atoms. The van der Waals surface area contributed by atoms with Gasteiger partial charge in [-0.05, 0) is 145 Å². The van der Waals surface area contributed by atoms with E-state index in [1.54, 1.807) is 27.9 Å². The standard InChI is InChI=1S/C54H73N11O8/c1-32(56-3)47(66)62-43(53(72)64-27-11-21-45(64)51(70)60-41-19-9-15-34-13-5-7-17-39(34)41)23-25-58-49(68)36-29-37(31-38(55)30-36)50(69)59-26-24-44(63-48(67)33(2)57-4)54(73)65-28-12-22-46(65)52(71)61-42-20-10-16-35-14-6-8-18-40(35)42/h5-8,13-14,17-18,29-33,41-46,56-57H,9-12,15-16,19-28,55H2,1-4H3,(H,58,68)(H,59,69)(H,60,70)(H,61,71)(H,62,66)(H,63,67)/t32-,33-,41+,42+,43-,44-,45-,46-/m0/s1. The van der Waals surface area contributed by atoms with Crippen LogP contribution in [-0.4, -0.2) is 134 Å². The first-order valence-electron chi connectivity index (χ1n) is 26.0. The molecule has 8 atom stereocenters. The number of aryl methyl sites for hydroxylation is 2. The summed E-state index contributed by atoms with van der Waals surface area (Å²) in [6.07, 6.45) is 7.54. The molecule has 2 saturated heterocycles. The minimum Gasteiger partial charge on any atom is -0.399 e. The van der Waals surface area contributed by atoms with Gasteiger partial charge in [0.2, 0.25) is 35.4 Å². The zero-order valence-corrected chi connectivity index (χ0v) is 42.5. The van der Waals surface area contributed by atoms with Crippen LogP contribution in [0.3, 0.4) is 0 Å². The molecule has 2 aliphatic heterocycles. The number of nitrogens with two attached hydrogens (primary N) is 1. The molecular formula is C54H73N11O8. The van der Waals surface area contributed by atoms with Crippen molar-refractivity contribution in [1.29, 1.82) is 0 Å². The van der Waals surface area contributed by atoms with Crippen LogP contribution in [0.2, 0.25) is 0 Å². The lowest BCUT2D eigenvalue weighted by molar-refractivity contribution is -0.142. The van der Waals surface area contributed by atoms with Crippen LogP contribution < -0.4 is 48.3 Å². The van der Waals surface area contributed by atoms with E-state index in [0.29, 0.717) is 38.8 Å². The minimum absolute atomic E-state index is 0.00462. The van der Waals surface area contributed by atoms with Crippen LogP contribution in [-0.2, 0) is 41.6 Å². The highest BCUT2D eigenvalue weighted by Crippen LogP contribution is 2.32. The normalized spacial score (nSPS) is 20.8. The Bertz CT molecular complexity index is 2350. The number of rotatable bonds is 20. The average Bonchev–Trinajstić information content (AvgIpc) is 4.11. The van der Waals surface area contributed by atoms with Gasteiger partial charge in [-0.1, -0.05) is 48.5 Å². The van der Waals surface area contributed by atoms with Crippen LogP contribution in [0.4, 0.5) is 5.69 Å². The first-order valence-corrected chi connectivity index (χ1v) is 26.0. The summed E-state index contributed by atoms with van der Waals surface area (Å²) in [6.45, 7) is 3.88. The second-order valence-electron chi connectivity index (χ2n) is 19.8. The largest absolute Gasteiger partial charge is 0.399 e. The van der Waals surface area contributed by atoms with Gasteiger partial charge >= 0.3 is 0 Å². The lowest BCUT2D eigenvalue weighted by Crippen LogP contribution is -2.56. The highest BCUT2D eigenvalue weighted by atomic mass is 16.2. The van der Waals surface area contributed by atoms with Crippen molar-refractivity contribution in [2.45, 2.75) is 139 Å².